The van der Waals surface area contributed by atoms with Crippen LogP contribution < -0.4 is 0 Å². The molecule has 6 nitrogen and oxygen atoms in total. The number of carbonyl (C=O) groups excluding carboxylic acids is 1. The number of likely N-dealkylation sites (N-methyl/N-ethyl adjacent to an activating group) is 1. The normalized spacial score (nSPS) is 10.4. The molecule has 0 spiro atoms. The zero-order chi connectivity index (χ0) is 15.2. The number of hydrogen-bond acceptors (Lipinski definition) is 4. The number of hydrogen-bond donors (Lipinski definition) is 0. The van der Waals surface area contributed by atoms with E-state index in [1.165, 1.54) is 0 Å². The second-order valence-electron chi connectivity index (χ2n) is 4.81. The standard InChI is InChI=1S/C15H16N4O2/c1-19(2)9-10-21-15(20)13-7-8-14(17-18-16)12-6-4-3-5-11(12)13/h3-8H,9-10H2,1-2H3. The minimum Gasteiger partial charge on any atom is -0.461 e. The van der Waals surface area contributed by atoms with Gasteiger partial charge in [-0.15, -0.1) is 0 Å². The van der Waals surface area contributed by atoms with E-state index in [1.807, 2.05) is 43.3 Å². The van der Waals surface area contributed by atoms with Crippen molar-refractivity contribution in [1.82, 2.24) is 4.90 Å². The highest BCUT2D eigenvalue weighted by molar-refractivity contribution is 6.07. The van der Waals surface area contributed by atoms with Crippen LogP contribution in [0.1, 0.15) is 10.4 Å². The van der Waals surface area contributed by atoms with E-state index < -0.39 is 0 Å². The number of fused-ring (bicyclic) bond motifs is 1. The third kappa shape index (κ3) is 3.51. The number of ether oxygens (including phenoxy) is 1. The lowest BCUT2D eigenvalue weighted by Crippen LogP contribution is -2.20. The molecular formula is C15H16N4O2. The molecule has 0 saturated carbocycles. The molecule has 0 aliphatic rings. The number of esters is 1. The van der Waals surface area contributed by atoms with Crippen LogP contribution in [-0.2, 0) is 4.74 Å². The van der Waals surface area contributed by atoms with Gasteiger partial charge in [0, 0.05) is 17.1 Å². The first-order valence-electron chi connectivity index (χ1n) is 6.52. The fourth-order valence-corrected chi connectivity index (χ4v) is 2.00. The van der Waals surface area contributed by atoms with Crippen LogP contribution in [0, 0.1) is 0 Å². The molecule has 2 rings (SSSR count). The van der Waals surface area contributed by atoms with Gasteiger partial charge in [-0.25, -0.2) is 4.79 Å². The highest BCUT2D eigenvalue weighted by atomic mass is 16.5. The van der Waals surface area contributed by atoms with Crippen LogP contribution in [-0.4, -0.2) is 38.1 Å². The molecule has 0 bridgehead atoms. The summed E-state index contributed by atoms with van der Waals surface area (Å²) in [6.07, 6.45) is 0. The number of rotatable bonds is 5. The van der Waals surface area contributed by atoms with Crippen molar-refractivity contribution in [2.75, 3.05) is 27.2 Å². The number of azide groups is 1. The molecule has 0 radical (unpaired) electrons. The second-order valence-corrected chi connectivity index (χ2v) is 4.81. The SMILES string of the molecule is CN(C)CCOC(=O)c1ccc(N=[N+]=[N-])c2ccccc12. The lowest BCUT2D eigenvalue weighted by atomic mass is 10.0. The molecular weight excluding hydrogens is 268 g/mol. The van der Waals surface area contributed by atoms with Gasteiger partial charge in [0.15, 0.2) is 0 Å². The van der Waals surface area contributed by atoms with Crippen molar-refractivity contribution >= 4 is 22.4 Å². The summed E-state index contributed by atoms with van der Waals surface area (Å²) in [5.74, 6) is -0.375. The van der Waals surface area contributed by atoms with Crippen LogP contribution in [0.25, 0.3) is 21.2 Å². The minimum atomic E-state index is -0.375. The second kappa shape index (κ2) is 6.74. The highest BCUT2D eigenvalue weighted by Gasteiger charge is 2.13. The first-order chi connectivity index (χ1) is 10.1. The van der Waals surface area contributed by atoms with E-state index in [0.29, 0.717) is 24.4 Å². The average molecular weight is 284 g/mol. The lowest BCUT2D eigenvalue weighted by Gasteiger charge is -2.11. The molecule has 0 aliphatic heterocycles. The first kappa shape index (κ1) is 14.8. The smallest absolute Gasteiger partial charge is 0.338 e. The Balaban J connectivity index is 2.34. The van der Waals surface area contributed by atoms with Crippen molar-refractivity contribution in [3.63, 3.8) is 0 Å². The number of carbonyl (C=O) groups is 1. The van der Waals surface area contributed by atoms with Crippen LogP contribution in [0.4, 0.5) is 5.69 Å². The largest absolute Gasteiger partial charge is 0.461 e. The van der Waals surface area contributed by atoms with E-state index in [9.17, 15) is 4.79 Å². The fourth-order valence-electron chi connectivity index (χ4n) is 2.00. The van der Waals surface area contributed by atoms with Gasteiger partial charge in [0.05, 0.1) is 5.56 Å². The summed E-state index contributed by atoms with van der Waals surface area (Å²) in [6, 6.07) is 10.6. The summed E-state index contributed by atoms with van der Waals surface area (Å²) >= 11 is 0. The molecule has 108 valence electrons. The molecule has 0 fully saturated rings. The summed E-state index contributed by atoms with van der Waals surface area (Å²) in [5.41, 5.74) is 9.56. The third-order valence-electron chi connectivity index (χ3n) is 3.05. The van der Waals surface area contributed by atoms with Gasteiger partial charge < -0.3 is 9.64 Å². The maximum atomic E-state index is 12.2. The molecule has 2 aromatic carbocycles. The Morgan fingerprint density at radius 1 is 1.24 bits per heavy atom. The van der Waals surface area contributed by atoms with E-state index in [4.69, 9.17) is 10.3 Å². The maximum Gasteiger partial charge on any atom is 0.338 e. The Morgan fingerprint density at radius 2 is 1.95 bits per heavy atom. The average Bonchev–Trinajstić information content (AvgIpc) is 2.47. The zero-order valence-corrected chi connectivity index (χ0v) is 12.0. The molecule has 0 heterocycles. The summed E-state index contributed by atoms with van der Waals surface area (Å²) in [7, 11) is 3.83. The van der Waals surface area contributed by atoms with Gasteiger partial charge in [-0.2, -0.15) is 0 Å². The molecule has 0 unspecified atom stereocenters. The Morgan fingerprint density at radius 3 is 2.62 bits per heavy atom. The van der Waals surface area contributed by atoms with E-state index >= 15 is 0 Å². The predicted octanol–water partition coefficient (Wildman–Crippen LogP) is 3.50. The van der Waals surface area contributed by atoms with Gasteiger partial charge in [-0.3, -0.25) is 0 Å². The van der Waals surface area contributed by atoms with E-state index in [1.54, 1.807) is 12.1 Å². The summed E-state index contributed by atoms with van der Waals surface area (Å²) in [4.78, 5) is 16.9. The van der Waals surface area contributed by atoms with Gasteiger partial charge in [-0.1, -0.05) is 35.4 Å². The lowest BCUT2D eigenvalue weighted by molar-refractivity contribution is 0.0484. The number of nitrogens with zero attached hydrogens (tertiary/aromatic N) is 4. The monoisotopic (exact) mass is 284 g/mol. The van der Waals surface area contributed by atoms with E-state index in [2.05, 4.69) is 10.0 Å². The van der Waals surface area contributed by atoms with Crippen LogP contribution in [0.2, 0.25) is 0 Å². The summed E-state index contributed by atoms with van der Waals surface area (Å²) < 4.78 is 5.26. The van der Waals surface area contributed by atoms with Crippen LogP contribution in [0.15, 0.2) is 41.5 Å². The van der Waals surface area contributed by atoms with Crippen molar-refractivity contribution in [3.8, 4) is 0 Å². The molecule has 0 aliphatic carbocycles. The zero-order valence-electron chi connectivity index (χ0n) is 12.0. The molecule has 0 saturated heterocycles. The number of benzene rings is 2. The summed E-state index contributed by atoms with van der Waals surface area (Å²) in [6.45, 7) is 0.999. The highest BCUT2D eigenvalue weighted by Crippen LogP contribution is 2.29. The predicted molar refractivity (Wildman–Crippen MR) is 81.6 cm³/mol. The molecule has 0 amide bonds. The molecule has 21 heavy (non-hydrogen) atoms. The van der Waals surface area contributed by atoms with E-state index in [-0.39, 0.29) is 5.97 Å². The van der Waals surface area contributed by atoms with Gasteiger partial charge in [0.2, 0.25) is 0 Å². The van der Waals surface area contributed by atoms with Gasteiger partial charge >= 0.3 is 5.97 Å². The van der Waals surface area contributed by atoms with Crippen molar-refractivity contribution in [1.29, 1.82) is 0 Å². The Kier molecular flexibility index (Phi) is 4.77. The molecule has 0 aromatic heterocycles. The fraction of sp³-hybridized carbons (Fsp3) is 0.267. The quantitative estimate of drug-likeness (QED) is 0.365. The molecule has 0 N–H and O–H groups in total. The molecule has 2 aromatic rings. The minimum absolute atomic E-state index is 0.332. The first-order valence-corrected chi connectivity index (χ1v) is 6.52. The van der Waals surface area contributed by atoms with Crippen LogP contribution in [0.3, 0.4) is 0 Å². The Labute approximate surface area is 122 Å². The maximum absolute atomic E-state index is 12.2. The van der Waals surface area contributed by atoms with Crippen molar-refractivity contribution in [3.05, 3.63) is 52.4 Å². The molecule has 0 atom stereocenters. The molecule has 6 heteroatoms. The van der Waals surface area contributed by atoms with Gasteiger partial charge in [-0.05, 0) is 36.5 Å². The van der Waals surface area contributed by atoms with Crippen molar-refractivity contribution in [2.24, 2.45) is 5.11 Å². The van der Waals surface area contributed by atoms with Gasteiger partial charge in [0.1, 0.15) is 6.61 Å². The van der Waals surface area contributed by atoms with Crippen LogP contribution in [0.5, 0.6) is 0 Å². The van der Waals surface area contributed by atoms with Crippen molar-refractivity contribution in [2.45, 2.75) is 0 Å². The Bertz CT molecular complexity index is 706. The topological polar surface area (TPSA) is 78.3 Å². The third-order valence-corrected chi connectivity index (χ3v) is 3.05. The van der Waals surface area contributed by atoms with E-state index in [0.717, 1.165) is 10.8 Å². The summed E-state index contributed by atoms with van der Waals surface area (Å²) in [5, 5.41) is 5.10. The van der Waals surface area contributed by atoms with Crippen LogP contribution >= 0.6 is 0 Å². The Hall–Kier alpha value is -2.56. The van der Waals surface area contributed by atoms with Gasteiger partial charge in [0.25, 0.3) is 0 Å². The van der Waals surface area contributed by atoms with Crippen molar-refractivity contribution < 1.29 is 9.53 Å².